The molecule has 1 heterocycles. The lowest BCUT2D eigenvalue weighted by atomic mass is 10.0. The number of hydrogen-bond donors (Lipinski definition) is 0. The first kappa shape index (κ1) is 21.4. The van der Waals surface area contributed by atoms with E-state index in [4.69, 9.17) is 16.6 Å². The molecule has 0 aliphatic carbocycles. The average Bonchev–Trinajstić information content (AvgIpc) is 2.77. The summed E-state index contributed by atoms with van der Waals surface area (Å²) in [6.07, 6.45) is 6.80. The van der Waals surface area contributed by atoms with Gasteiger partial charge >= 0.3 is 5.97 Å². The van der Waals surface area contributed by atoms with E-state index in [1.165, 1.54) is 16.7 Å². The fourth-order valence-electron chi connectivity index (χ4n) is 3.58. The van der Waals surface area contributed by atoms with Gasteiger partial charge in [0, 0.05) is 13.1 Å². The highest BCUT2D eigenvalue weighted by Crippen LogP contribution is 2.21. The Bertz CT molecular complexity index is 790. The van der Waals surface area contributed by atoms with E-state index in [2.05, 4.69) is 51.7 Å². The van der Waals surface area contributed by atoms with Gasteiger partial charge in [-0.05, 0) is 55.5 Å². The molecular formula is C24H28ClNO3. The number of likely N-dealkylation sites (tertiary alicyclic amines) is 1. The molecule has 2 aromatic carbocycles. The van der Waals surface area contributed by atoms with Gasteiger partial charge in [0.05, 0.1) is 13.0 Å². The Balaban J connectivity index is 1.43. The number of benzene rings is 2. The fourth-order valence-corrected chi connectivity index (χ4v) is 3.66. The molecule has 1 aliphatic rings. The van der Waals surface area contributed by atoms with E-state index in [-0.39, 0.29) is 5.97 Å². The quantitative estimate of drug-likeness (QED) is 0.525. The van der Waals surface area contributed by atoms with Crippen molar-refractivity contribution >= 4 is 23.9 Å². The van der Waals surface area contributed by atoms with Crippen LogP contribution in [0.2, 0.25) is 0 Å². The van der Waals surface area contributed by atoms with Crippen LogP contribution in [0.15, 0.2) is 60.2 Å². The molecule has 2 aromatic rings. The normalized spacial score (nSPS) is 16.0. The van der Waals surface area contributed by atoms with Gasteiger partial charge in [0.1, 0.15) is 17.6 Å². The molecule has 0 aromatic heterocycles. The van der Waals surface area contributed by atoms with Crippen LogP contribution in [0.1, 0.15) is 36.8 Å². The molecular weight excluding hydrogens is 386 g/mol. The van der Waals surface area contributed by atoms with Gasteiger partial charge in [0.2, 0.25) is 0 Å². The van der Waals surface area contributed by atoms with E-state index in [1.807, 2.05) is 18.2 Å². The summed E-state index contributed by atoms with van der Waals surface area (Å²) >= 11 is 5.10. The van der Waals surface area contributed by atoms with Crippen LogP contribution in [0.25, 0.3) is 6.08 Å². The fraction of sp³-hybridized carbons (Fsp3) is 0.375. The molecule has 29 heavy (non-hydrogen) atoms. The minimum absolute atomic E-state index is 0.326. The summed E-state index contributed by atoms with van der Waals surface area (Å²) in [5.41, 5.74) is 3.91. The van der Waals surface area contributed by atoms with Crippen molar-refractivity contribution in [1.82, 2.24) is 4.90 Å². The standard InChI is InChI=1S/C24H28ClNO3/c25-29-24(27)14-16-26-15-4-8-22(19-26)18-21-10-12-23(13-11-21)28-17-5-9-20-6-2-1-3-7-20/h1-3,6-7,10-13,18H,4-5,8-9,14-17,19H2/b22-18-. The van der Waals surface area contributed by atoms with E-state index in [0.717, 1.165) is 51.1 Å². The van der Waals surface area contributed by atoms with Crippen molar-refractivity contribution < 1.29 is 13.8 Å². The first-order chi connectivity index (χ1) is 14.2. The molecule has 1 fully saturated rings. The lowest BCUT2D eigenvalue weighted by molar-refractivity contribution is -0.134. The van der Waals surface area contributed by atoms with Crippen molar-refractivity contribution in [3.05, 3.63) is 71.3 Å². The monoisotopic (exact) mass is 413 g/mol. The highest BCUT2D eigenvalue weighted by molar-refractivity contribution is 6.13. The van der Waals surface area contributed by atoms with E-state index in [9.17, 15) is 4.79 Å². The molecule has 3 rings (SSSR count). The number of halogens is 1. The molecule has 5 heteroatoms. The largest absolute Gasteiger partial charge is 0.494 e. The molecule has 0 N–H and O–H groups in total. The van der Waals surface area contributed by atoms with Gasteiger partial charge in [0.25, 0.3) is 0 Å². The second-order valence-electron chi connectivity index (χ2n) is 7.39. The minimum Gasteiger partial charge on any atom is -0.494 e. The van der Waals surface area contributed by atoms with Crippen molar-refractivity contribution in [3.8, 4) is 5.75 Å². The lowest BCUT2D eigenvalue weighted by Gasteiger charge is -2.28. The SMILES string of the molecule is O=C(CCN1CCC/C(=C/c2ccc(OCCCc3ccccc3)cc2)C1)OCl. The molecule has 0 atom stereocenters. The van der Waals surface area contributed by atoms with Crippen molar-refractivity contribution in [1.29, 1.82) is 0 Å². The Morgan fingerprint density at radius 2 is 1.90 bits per heavy atom. The van der Waals surface area contributed by atoms with Crippen molar-refractivity contribution in [3.63, 3.8) is 0 Å². The zero-order valence-electron chi connectivity index (χ0n) is 16.7. The molecule has 1 aliphatic heterocycles. The molecule has 154 valence electrons. The Kier molecular flexibility index (Phi) is 8.59. The topological polar surface area (TPSA) is 38.8 Å². The molecule has 0 spiro atoms. The third kappa shape index (κ3) is 7.56. The highest BCUT2D eigenvalue weighted by atomic mass is 35.5. The van der Waals surface area contributed by atoms with Crippen LogP contribution in [0.5, 0.6) is 5.75 Å². The summed E-state index contributed by atoms with van der Waals surface area (Å²) in [7, 11) is 0. The summed E-state index contributed by atoms with van der Waals surface area (Å²) in [6.45, 7) is 3.28. The molecule has 0 radical (unpaired) electrons. The van der Waals surface area contributed by atoms with Crippen LogP contribution >= 0.6 is 11.9 Å². The Hall–Kier alpha value is -2.30. The number of rotatable bonds is 9. The van der Waals surface area contributed by atoms with Gasteiger partial charge in [-0.25, -0.2) is 0 Å². The predicted molar refractivity (Wildman–Crippen MR) is 117 cm³/mol. The first-order valence-corrected chi connectivity index (χ1v) is 10.5. The van der Waals surface area contributed by atoms with Gasteiger partial charge in [-0.2, -0.15) is 0 Å². The molecule has 0 amide bonds. The Morgan fingerprint density at radius 1 is 1.10 bits per heavy atom. The van der Waals surface area contributed by atoms with E-state index >= 15 is 0 Å². The van der Waals surface area contributed by atoms with Crippen LogP contribution in [0.4, 0.5) is 0 Å². The zero-order valence-corrected chi connectivity index (χ0v) is 17.4. The summed E-state index contributed by atoms with van der Waals surface area (Å²) in [5.74, 6) is 0.534. The lowest BCUT2D eigenvalue weighted by Crippen LogP contribution is -2.33. The number of carbonyl (C=O) groups is 1. The molecule has 0 unspecified atom stereocenters. The van der Waals surface area contributed by atoms with Gasteiger partial charge in [-0.1, -0.05) is 54.1 Å². The smallest absolute Gasteiger partial charge is 0.326 e. The number of nitrogens with zero attached hydrogens (tertiary/aromatic N) is 1. The minimum atomic E-state index is -0.373. The van der Waals surface area contributed by atoms with E-state index in [0.29, 0.717) is 13.0 Å². The Morgan fingerprint density at radius 3 is 2.66 bits per heavy atom. The van der Waals surface area contributed by atoms with Crippen molar-refractivity contribution in [2.45, 2.75) is 32.1 Å². The Labute approximate surface area is 178 Å². The second kappa shape index (κ2) is 11.6. The number of ether oxygens (including phenoxy) is 1. The van der Waals surface area contributed by atoms with E-state index in [1.54, 1.807) is 0 Å². The summed E-state index contributed by atoms with van der Waals surface area (Å²) in [5, 5.41) is 0. The molecule has 1 saturated heterocycles. The van der Waals surface area contributed by atoms with Crippen LogP contribution < -0.4 is 4.74 Å². The summed E-state index contributed by atoms with van der Waals surface area (Å²) in [4.78, 5) is 13.5. The van der Waals surface area contributed by atoms with Crippen LogP contribution in [0, 0.1) is 0 Å². The first-order valence-electron chi connectivity index (χ1n) is 10.2. The van der Waals surface area contributed by atoms with Gasteiger partial charge in [0.15, 0.2) is 0 Å². The number of piperidine rings is 1. The van der Waals surface area contributed by atoms with Crippen molar-refractivity contribution in [2.24, 2.45) is 0 Å². The van der Waals surface area contributed by atoms with Gasteiger partial charge < -0.3 is 9.03 Å². The van der Waals surface area contributed by atoms with Crippen molar-refractivity contribution in [2.75, 3.05) is 26.2 Å². The number of hydrogen-bond acceptors (Lipinski definition) is 4. The maximum Gasteiger partial charge on any atom is 0.326 e. The second-order valence-corrected chi connectivity index (χ2v) is 7.54. The average molecular weight is 414 g/mol. The zero-order chi connectivity index (χ0) is 20.3. The van der Waals surface area contributed by atoms with Gasteiger partial charge in [-0.15, -0.1) is 0 Å². The van der Waals surface area contributed by atoms with Gasteiger partial charge in [-0.3, -0.25) is 9.69 Å². The molecule has 0 saturated carbocycles. The van der Waals surface area contributed by atoms with Crippen LogP contribution in [0.3, 0.4) is 0 Å². The third-order valence-electron chi connectivity index (χ3n) is 5.09. The molecule has 4 nitrogen and oxygen atoms in total. The maximum atomic E-state index is 11.2. The summed E-state index contributed by atoms with van der Waals surface area (Å²) in [6, 6.07) is 18.8. The molecule has 0 bridgehead atoms. The number of carbonyl (C=O) groups excluding carboxylic acids is 1. The number of aryl methyl sites for hydroxylation is 1. The maximum absolute atomic E-state index is 11.2. The predicted octanol–water partition coefficient (Wildman–Crippen LogP) is 5.26. The third-order valence-corrected chi connectivity index (χ3v) is 5.26. The van der Waals surface area contributed by atoms with Crippen LogP contribution in [-0.4, -0.2) is 37.1 Å². The van der Waals surface area contributed by atoms with Crippen LogP contribution in [-0.2, 0) is 15.5 Å². The van der Waals surface area contributed by atoms with E-state index < -0.39 is 0 Å². The highest BCUT2D eigenvalue weighted by Gasteiger charge is 2.15. The summed E-state index contributed by atoms with van der Waals surface area (Å²) < 4.78 is 10.1.